The molecule has 0 aliphatic rings. The van der Waals surface area contributed by atoms with Gasteiger partial charge in [0.15, 0.2) is 0 Å². The van der Waals surface area contributed by atoms with Crippen LogP contribution in [0.4, 0.5) is 52.5 Å². The maximum atomic E-state index is 12.3. The number of rotatable bonds is 8. The van der Waals surface area contributed by atoms with Gasteiger partial charge in [0.2, 0.25) is 16.0 Å². The molecule has 4 aromatic rings. The average molecular weight is 610 g/mol. The summed E-state index contributed by atoms with van der Waals surface area (Å²) in [6.45, 7) is 0. The van der Waals surface area contributed by atoms with Gasteiger partial charge in [-0.2, -0.15) is 4.98 Å². The third-order valence-electron chi connectivity index (χ3n) is 5.26. The smallest absolute Gasteiger partial charge is 0.406 e. The lowest BCUT2D eigenvalue weighted by Crippen LogP contribution is -2.20. The SMILES string of the molecule is CN(c1ccc(NC(=O)Nc2ccc(OC(F)(F)F)cc2)cc1)c1ccnc(Nc2cccc(S(N)(=O)=O)c2)n1.Cl. The lowest BCUT2D eigenvalue weighted by atomic mass is 10.2. The van der Waals surface area contributed by atoms with Gasteiger partial charge < -0.3 is 25.6 Å². The Labute approximate surface area is 239 Å². The molecule has 5 N–H and O–H groups in total. The molecule has 216 valence electrons. The maximum absolute atomic E-state index is 12.3. The Bertz CT molecular complexity index is 1610. The van der Waals surface area contributed by atoms with E-state index in [1.165, 1.54) is 36.5 Å². The van der Waals surface area contributed by atoms with Crippen molar-refractivity contribution in [2.75, 3.05) is 27.9 Å². The highest BCUT2D eigenvalue weighted by Gasteiger charge is 2.31. The molecule has 0 radical (unpaired) electrons. The first-order valence-electron chi connectivity index (χ1n) is 11.4. The van der Waals surface area contributed by atoms with Gasteiger partial charge in [0, 0.05) is 36.0 Å². The number of urea groups is 1. The van der Waals surface area contributed by atoms with E-state index in [2.05, 4.69) is 30.7 Å². The lowest BCUT2D eigenvalue weighted by Gasteiger charge is -2.19. The van der Waals surface area contributed by atoms with Gasteiger partial charge in [0.05, 0.1) is 4.90 Å². The molecule has 1 aromatic heterocycles. The second-order valence-corrected chi connectivity index (χ2v) is 9.75. The Morgan fingerprint density at radius 3 is 2.12 bits per heavy atom. The molecule has 0 aliphatic carbocycles. The second-order valence-electron chi connectivity index (χ2n) is 8.19. The van der Waals surface area contributed by atoms with Gasteiger partial charge >= 0.3 is 12.4 Å². The molecular formula is C25H23ClF3N7O4S. The van der Waals surface area contributed by atoms with Crippen LogP contribution in [0.1, 0.15) is 0 Å². The molecule has 3 aromatic carbocycles. The molecule has 41 heavy (non-hydrogen) atoms. The van der Waals surface area contributed by atoms with Crippen LogP contribution in [-0.4, -0.2) is 37.8 Å². The van der Waals surface area contributed by atoms with Crippen LogP contribution >= 0.6 is 12.4 Å². The van der Waals surface area contributed by atoms with Crippen LogP contribution in [0.25, 0.3) is 0 Å². The number of sulfonamides is 1. The van der Waals surface area contributed by atoms with Crippen molar-refractivity contribution in [2.24, 2.45) is 5.14 Å². The van der Waals surface area contributed by atoms with Crippen molar-refractivity contribution < 1.29 is 31.1 Å². The fourth-order valence-electron chi connectivity index (χ4n) is 3.41. The van der Waals surface area contributed by atoms with Crippen molar-refractivity contribution in [1.29, 1.82) is 0 Å². The predicted molar refractivity (Wildman–Crippen MR) is 151 cm³/mol. The largest absolute Gasteiger partial charge is 0.573 e. The number of nitrogens with zero attached hydrogens (tertiary/aromatic N) is 3. The molecule has 16 heteroatoms. The third-order valence-corrected chi connectivity index (χ3v) is 6.17. The van der Waals surface area contributed by atoms with E-state index >= 15 is 0 Å². The highest BCUT2D eigenvalue weighted by molar-refractivity contribution is 7.89. The van der Waals surface area contributed by atoms with Gasteiger partial charge in [-0.15, -0.1) is 25.6 Å². The highest BCUT2D eigenvalue weighted by Crippen LogP contribution is 2.26. The summed E-state index contributed by atoms with van der Waals surface area (Å²) < 4.78 is 63.8. The zero-order valence-electron chi connectivity index (χ0n) is 21.1. The molecule has 0 unspecified atom stereocenters. The van der Waals surface area contributed by atoms with Crippen LogP contribution in [0, 0.1) is 0 Å². The van der Waals surface area contributed by atoms with E-state index in [1.807, 2.05) is 0 Å². The molecule has 2 amide bonds. The Morgan fingerprint density at radius 2 is 1.54 bits per heavy atom. The predicted octanol–water partition coefficient (Wildman–Crippen LogP) is 5.60. The van der Waals surface area contributed by atoms with Crippen LogP contribution < -0.4 is 30.7 Å². The molecule has 0 spiro atoms. The molecule has 0 saturated carbocycles. The quantitative estimate of drug-likeness (QED) is 0.201. The average Bonchev–Trinajstić information content (AvgIpc) is 2.89. The Balaban J connectivity index is 0.00000462. The van der Waals surface area contributed by atoms with Crippen molar-refractivity contribution in [2.45, 2.75) is 11.3 Å². The van der Waals surface area contributed by atoms with Crippen molar-refractivity contribution in [3.8, 4) is 5.75 Å². The number of nitrogens with two attached hydrogens (primary N) is 1. The second kappa shape index (κ2) is 12.7. The summed E-state index contributed by atoms with van der Waals surface area (Å²) in [5.41, 5.74) is 1.90. The van der Waals surface area contributed by atoms with Gasteiger partial charge in [0.1, 0.15) is 11.6 Å². The number of carbonyl (C=O) groups is 1. The fourth-order valence-corrected chi connectivity index (χ4v) is 3.97. The summed E-state index contributed by atoms with van der Waals surface area (Å²) in [5.74, 6) is 0.349. The summed E-state index contributed by atoms with van der Waals surface area (Å²) in [7, 11) is -2.09. The highest BCUT2D eigenvalue weighted by atomic mass is 35.5. The van der Waals surface area contributed by atoms with Gasteiger partial charge in [-0.05, 0) is 72.8 Å². The molecule has 1 heterocycles. The zero-order chi connectivity index (χ0) is 28.9. The summed E-state index contributed by atoms with van der Waals surface area (Å²) in [4.78, 5) is 22.6. The number of halogens is 4. The Morgan fingerprint density at radius 1 is 0.927 bits per heavy atom. The molecule has 0 fully saturated rings. The van der Waals surface area contributed by atoms with E-state index in [0.717, 1.165) is 17.8 Å². The summed E-state index contributed by atoms with van der Waals surface area (Å²) in [6.07, 6.45) is -3.27. The van der Waals surface area contributed by atoms with Crippen molar-refractivity contribution >= 4 is 63.0 Å². The molecule has 4 rings (SSSR count). The third kappa shape index (κ3) is 8.96. The van der Waals surface area contributed by atoms with E-state index in [-0.39, 0.29) is 28.9 Å². The number of nitrogens with one attached hydrogen (secondary N) is 3. The van der Waals surface area contributed by atoms with E-state index in [0.29, 0.717) is 17.2 Å². The van der Waals surface area contributed by atoms with Crippen molar-refractivity contribution in [3.05, 3.63) is 85.1 Å². The number of anilines is 6. The van der Waals surface area contributed by atoms with Gasteiger partial charge in [-0.25, -0.2) is 23.3 Å². The van der Waals surface area contributed by atoms with Crippen LogP contribution in [0.15, 0.2) is 90.0 Å². The molecular weight excluding hydrogens is 587 g/mol. The van der Waals surface area contributed by atoms with E-state index < -0.39 is 28.2 Å². The number of hydrogen-bond acceptors (Lipinski definition) is 8. The number of amides is 2. The molecule has 0 saturated heterocycles. The first-order chi connectivity index (χ1) is 18.9. The lowest BCUT2D eigenvalue weighted by molar-refractivity contribution is -0.274. The maximum Gasteiger partial charge on any atom is 0.573 e. The Hall–Kier alpha value is -4.60. The minimum absolute atomic E-state index is 0. The number of benzene rings is 3. The summed E-state index contributed by atoms with van der Waals surface area (Å²) in [5, 5.41) is 13.3. The fraction of sp³-hybridized carbons (Fsp3) is 0.0800. The van der Waals surface area contributed by atoms with Crippen LogP contribution in [0.5, 0.6) is 5.75 Å². The minimum atomic E-state index is -4.80. The number of alkyl halides is 3. The Kier molecular flexibility index (Phi) is 9.59. The van der Waals surface area contributed by atoms with Gasteiger partial charge in [-0.3, -0.25) is 0 Å². The number of ether oxygens (including phenoxy) is 1. The molecule has 0 bridgehead atoms. The molecule has 0 aliphatic heterocycles. The van der Waals surface area contributed by atoms with E-state index in [9.17, 15) is 26.4 Å². The number of carbonyl (C=O) groups excluding carboxylic acids is 1. The van der Waals surface area contributed by atoms with Crippen LogP contribution in [0.3, 0.4) is 0 Å². The zero-order valence-corrected chi connectivity index (χ0v) is 22.7. The van der Waals surface area contributed by atoms with Crippen LogP contribution in [-0.2, 0) is 10.0 Å². The van der Waals surface area contributed by atoms with Gasteiger partial charge in [-0.1, -0.05) is 6.07 Å². The topological polar surface area (TPSA) is 152 Å². The van der Waals surface area contributed by atoms with Crippen LogP contribution in [0.2, 0.25) is 0 Å². The molecule has 11 nitrogen and oxygen atoms in total. The van der Waals surface area contributed by atoms with Crippen molar-refractivity contribution in [3.63, 3.8) is 0 Å². The monoisotopic (exact) mass is 609 g/mol. The summed E-state index contributed by atoms with van der Waals surface area (Å²) in [6, 6.07) is 18.5. The van der Waals surface area contributed by atoms with E-state index in [4.69, 9.17) is 5.14 Å². The van der Waals surface area contributed by atoms with E-state index in [1.54, 1.807) is 48.3 Å². The van der Waals surface area contributed by atoms with Crippen molar-refractivity contribution in [1.82, 2.24) is 9.97 Å². The van der Waals surface area contributed by atoms with Gasteiger partial charge in [0.25, 0.3) is 0 Å². The first kappa shape index (κ1) is 30.9. The number of aromatic nitrogens is 2. The standard InChI is InChI=1S/C25H22F3N7O4S.ClH/c1-35(22-13-14-30-23(34-22)31-18-3-2-4-21(15-18)40(29,37)38)19-9-5-16(6-10-19)32-24(36)33-17-7-11-20(12-8-17)39-25(26,27)28;/h2-15H,1H3,(H2,29,37,38)(H,30,31,34)(H2,32,33,36);1H. The molecule has 0 atom stereocenters. The number of hydrogen-bond donors (Lipinski definition) is 4. The normalized spacial score (nSPS) is 11.1. The minimum Gasteiger partial charge on any atom is -0.406 e. The first-order valence-corrected chi connectivity index (χ1v) is 12.9. The summed E-state index contributed by atoms with van der Waals surface area (Å²) >= 11 is 0. The number of primary sulfonamides is 1.